The number of rotatable bonds is 20. The first-order valence-electron chi connectivity index (χ1n) is 12.7. The quantitative estimate of drug-likeness (QED) is 0.188. The van der Waals surface area contributed by atoms with E-state index in [4.69, 9.17) is 0 Å². The van der Waals surface area contributed by atoms with Crippen molar-refractivity contribution in [2.45, 2.75) is 157 Å². The van der Waals surface area contributed by atoms with Crippen LogP contribution in [0.4, 0.5) is 0 Å². The first-order valence-corrected chi connectivity index (χ1v) is 12.7. The fourth-order valence-electron chi connectivity index (χ4n) is 5.21. The van der Waals surface area contributed by atoms with Gasteiger partial charge in [-0.05, 0) is 17.8 Å². The highest BCUT2D eigenvalue weighted by atomic mass is 14.4. The molecule has 0 aliphatic rings. The van der Waals surface area contributed by atoms with E-state index >= 15 is 0 Å². The summed E-state index contributed by atoms with van der Waals surface area (Å²) in [4.78, 5) is 0. The smallest absolute Gasteiger partial charge is 0.0275 e. The fraction of sp³-hybridized carbons (Fsp3) is 1.00. The number of hydrogen-bond acceptors (Lipinski definition) is 0. The molecule has 0 radical (unpaired) electrons. The SMILES string of the molecule is CCCCCCCCCCCCCCCCC(CC)(CC)C(CC)CC. The fourth-order valence-corrected chi connectivity index (χ4v) is 5.21. The number of unbranched alkanes of at least 4 members (excludes halogenated alkanes) is 13. The van der Waals surface area contributed by atoms with Gasteiger partial charge < -0.3 is 0 Å². The Morgan fingerprint density at radius 2 is 0.808 bits per heavy atom. The van der Waals surface area contributed by atoms with Crippen molar-refractivity contribution in [2.24, 2.45) is 11.3 Å². The Balaban J connectivity index is 3.57. The summed E-state index contributed by atoms with van der Waals surface area (Å²) in [6.07, 6.45) is 27.5. The van der Waals surface area contributed by atoms with Crippen LogP contribution >= 0.6 is 0 Å². The van der Waals surface area contributed by atoms with E-state index in [9.17, 15) is 0 Å². The van der Waals surface area contributed by atoms with Gasteiger partial charge in [0.05, 0.1) is 0 Å². The van der Waals surface area contributed by atoms with Crippen LogP contribution in [0.1, 0.15) is 157 Å². The monoisotopic (exact) mass is 366 g/mol. The van der Waals surface area contributed by atoms with E-state index in [0.717, 1.165) is 5.92 Å². The van der Waals surface area contributed by atoms with Crippen LogP contribution in [-0.4, -0.2) is 0 Å². The lowest BCUT2D eigenvalue weighted by molar-refractivity contribution is 0.114. The maximum absolute atomic E-state index is 2.44. The van der Waals surface area contributed by atoms with Crippen LogP contribution in [0.3, 0.4) is 0 Å². The molecule has 0 aliphatic heterocycles. The minimum absolute atomic E-state index is 0.640. The molecule has 0 aromatic rings. The topological polar surface area (TPSA) is 0 Å². The summed E-state index contributed by atoms with van der Waals surface area (Å²) in [7, 11) is 0. The van der Waals surface area contributed by atoms with Crippen molar-refractivity contribution < 1.29 is 0 Å². The highest BCUT2D eigenvalue weighted by molar-refractivity contribution is 4.83. The van der Waals surface area contributed by atoms with Crippen molar-refractivity contribution in [3.63, 3.8) is 0 Å². The third-order valence-electron chi connectivity index (χ3n) is 7.29. The van der Waals surface area contributed by atoms with Crippen molar-refractivity contribution >= 4 is 0 Å². The molecule has 0 saturated carbocycles. The van der Waals surface area contributed by atoms with E-state index in [1.807, 2.05) is 0 Å². The van der Waals surface area contributed by atoms with Gasteiger partial charge in [0.1, 0.15) is 0 Å². The van der Waals surface area contributed by atoms with Gasteiger partial charge in [0.25, 0.3) is 0 Å². The Morgan fingerprint density at radius 3 is 1.12 bits per heavy atom. The lowest BCUT2D eigenvalue weighted by Gasteiger charge is -2.39. The zero-order valence-electron chi connectivity index (χ0n) is 19.5. The molecular weight excluding hydrogens is 312 g/mol. The maximum Gasteiger partial charge on any atom is -0.0275 e. The largest absolute Gasteiger partial charge is 0.0654 e. The second-order valence-electron chi connectivity index (χ2n) is 8.93. The van der Waals surface area contributed by atoms with Gasteiger partial charge in [-0.3, -0.25) is 0 Å². The standard InChI is InChI=1S/C26H54/c1-6-11-12-13-14-15-16-17-18-19-20-21-22-23-24-26(9-4,10-5)25(7-2)8-3/h25H,6-24H2,1-5H3. The van der Waals surface area contributed by atoms with Crippen LogP contribution in [0.15, 0.2) is 0 Å². The summed E-state index contributed by atoms with van der Waals surface area (Å²) in [5.74, 6) is 0.944. The molecule has 0 aromatic carbocycles. The Morgan fingerprint density at radius 1 is 0.462 bits per heavy atom. The van der Waals surface area contributed by atoms with E-state index in [0.29, 0.717) is 5.41 Å². The lowest BCUT2D eigenvalue weighted by atomic mass is 9.66. The molecule has 0 nitrogen and oxygen atoms in total. The third kappa shape index (κ3) is 11.7. The molecular formula is C26H54. The molecule has 158 valence electrons. The molecule has 0 N–H and O–H groups in total. The molecule has 0 fully saturated rings. The van der Waals surface area contributed by atoms with E-state index in [1.165, 1.54) is 122 Å². The summed E-state index contributed by atoms with van der Waals surface area (Å²) in [5.41, 5.74) is 0.640. The molecule has 0 aliphatic carbocycles. The van der Waals surface area contributed by atoms with Gasteiger partial charge in [0.15, 0.2) is 0 Å². The van der Waals surface area contributed by atoms with Gasteiger partial charge in [-0.15, -0.1) is 0 Å². The third-order valence-corrected chi connectivity index (χ3v) is 7.29. The van der Waals surface area contributed by atoms with E-state index < -0.39 is 0 Å². The van der Waals surface area contributed by atoms with Crippen LogP contribution in [0.5, 0.6) is 0 Å². The molecule has 0 aromatic heterocycles. The van der Waals surface area contributed by atoms with Gasteiger partial charge in [0, 0.05) is 0 Å². The molecule has 0 spiro atoms. The predicted octanol–water partition coefficient (Wildman–Crippen LogP) is 10.1. The van der Waals surface area contributed by atoms with Crippen molar-refractivity contribution in [2.75, 3.05) is 0 Å². The van der Waals surface area contributed by atoms with Crippen molar-refractivity contribution in [3.05, 3.63) is 0 Å². The van der Waals surface area contributed by atoms with E-state index in [-0.39, 0.29) is 0 Å². The zero-order valence-corrected chi connectivity index (χ0v) is 19.5. The molecule has 0 unspecified atom stereocenters. The molecule has 0 amide bonds. The molecule has 0 rings (SSSR count). The summed E-state index contributed by atoms with van der Waals surface area (Å²) in [6.45, 7) is 12.0. The van der Waals surface area contributed by atoms with Crippen LogP contribution in [0, 0.1) is 11.3 Å². The van der Waals surface area contributed by atoms with Gasteiger partial charge in [-0.2, -0.15) is 0 Å². The van der Waals surface area contributed by atoms with Gasteiger partial charge in [-0.1, -0.05) is 150 Å². The summed E-state index contributed by atoms with van der Waals surface area (Å²) in [6, 6.07) is 0. The Labute approximate surface area is 168 Å². The Bertz CT molecular complexity index is 259. The van der Waals surface area contributed by atoms with Crippen LogP contribution in [0.25, 0.3) is 0 Å². The lowest BCUT2D eigenvalue weighted by Crippen LogP contribution is -2.29. The molecule has 0 bridgehead atoms. The highest BCUT2D eigenvalue weighted by Gasteiger charge is 2.32. The van der Waals surface area contributed by atoms with Crippen molar-refractivity contribution in [1.29, 1.82) is 0 Å². The Kier molecular flexibility index (Phi) is 18.4. The van der Waals surface area contributed by atoms with E-state index in [1.54, 1.807) is 0 Å². The summed E-state index contributed by atoms with van der Waals surface area (Å²) in [5, 5.41) is 0. The second kappa shape index (κ2) is 18.4. The number of hydrogen-bond donors (Lipinski definition) is 0. The summed E-state index contributed by atoms with van der Waals surface area (Å²) >= 11 is 0. The Hall–Kier alpha value is 0. The molecule has 26 heavy (non-hydrogen) atoms. The highest BCUT2D eigenvalue weighted by Crippen LogP contribution is 2.43. The molecule has 0 atom stereocenters. The van der Waals surface area contributed by atoms with Gasteiger partial charge >= 0.3 is 0 Å². The molecule has 0 saturated heterocycles. The van der Waals surface area contributed by atoms with Crippen LogP contribution < -0.4 is 0 Å². The van der Waals surface area contributed by atoms with Crippen LogP contribution in [0.2, 0.25) is 0 Å². The van der Waals surface area contributed by atoms with Gasteiger partial charge in [-0.25, -0.2) is 0 Å². The first-order chi connectivity index (χ1) is 12.7. The zero-order chi connectivity index (χ0) is 19.5. The van der Waals surface area contributed by atoms with Crippen molar-refractivity contribution in [1.82, 2.24) is 0 Å². The van der Waals surface area contributed by atoms with Gasteiger partial charge in [0.2, 0.25) is 0 Å². The normalized spacial score (nSPS) is 12.2. The average molecular weight is 367 g/mol. The second-order valence-corrected chi connectivity index (χ2v) is 8.93. The average Bonchev–Trinajstić information content (AvgIpc) is 2.67. The minimum atomic E-state index is 0.640. The maximum atomic E-state index is 2.44. The molecule has 0 heterocycles. The molecule has 0 heteroatoms. The summed E-state index contributed by atoms with van der Waals surface area (Å²) < 4.78 is 0. The van der Waals surface area contributed by atoms with E-state index in [2.05, 4.69) is 34.6 Å². The predicted molar refractivity (Wildman–Crippen MR) is 122 cm³/mol. The van der Waals surface area contributed by atoms with Crippen LogP contribution in [-0.2, 0) is 0 Å². The first kappa shape index (κ1) is 26.0. The minimum Gasteiger partial charge on any atom is -0.0654 e. The van der Waals surface area contributed by atoms with Crippen molar-refractivity contribution in [3.8, 4) is 0 Å².